The van der Waals surface area contributed by atoms with E-state index in [0.29, 0.717) is 25.4 Å². The van der Waals surface area contributed by atoms with Gasteiger partial charge in [0.05, 0.1) is 0 Å². The molecule has 5 nitrogen and oxygen atoms in total. The van der Waals surface area contributed by atoms with Crippen LogP contribution < -0.4 is 10.5 Å². The Morgan fingerprint density at radius 2 is 2.06 bits per heavy atom. The Morgan fingerprint density at radius 3 is 2.81 bits per heavy atom. The van der Waals surface area contributed by atoms with Crippen LogP contribution in [0.4, 0.5) is 0 Å². The van der Waals surface area contributed by atoms with Crippen LogP contribution in [0, 0.1) is 0 Å². The standard InChI is InChI=1S/C11H14N4O/c12-7-6-10-13-11(15-14-10)8-16-9-4-2-1-3-5-9/h1-5H,6-8,12H2,(H,13,14,15). The number of aromatic nitrogens is 3. The van der Waals surface area contributed by atoms with E-state index in [9.17, 15) is 0 Å². The molecule has 16 heavy (non-hydrogen) atoms. The molecule has 0 aliphatic rings. The molecule has 0 amide bonds. The minimum absolute atomic E-state index is 0.390. The smallest absolute Gasteiger partial charge is 0.162 e. The molecule has 0 saturated heterocycles. The molecule has 0 spiro atoms. The third-order valence-corrected chi connectivity index (χ3v) is 2.06. The third kappa shape index (κ3) is 2.80. The highest BCUT2D eigenvalue weighted by molar-refractivity contribution is 5.20. The van der Waals surface area contributed by atoms with Gasteiger partial charge in [0, 0.05) is 6.42 Å². The lowest BCUT2D eigenvalue weighted by Crippen LogP contribution is -2.04. The fourth-order valence-corrected chi connectivity index (χ4v) is 1.31. The molecular formula is C11H14N4O. The van der Waals surface area contributed by atoms with Crippen molar-refractivity contribution in [2.24, 2.45) is 5.73 Å². The number of H-pyrrole nitrogens is 1. The quantitative estimate of drug-likeness (QED) is 0.781. The summed E-state index contributed by atoms with van der Waals surface area (Å²) in [7, 11) is 0. The van der Waals surface area contributed by atoms with Crippen molar-refractivity contribution in [2.75, 3.05) is 6.54 Å². The van der Waals surface area contributed by atoms with Crippen LogP contribution in [-0.2, 0) is 13.0 Å². The Bertz CT molecular complexity index is 427. The number of benzene rings is 1. The van der Waals surface area contributed by atoms with E-state index in [1.165, 1.54) is 0 Å². The molecule has 0 radical (unpaired) electrons. The minimum atomic E-state index is 0.390. The first-order valence-corrected chi connectivity index (χ1v) is 5.16. The molecule has 1 aromatic carbocycles. The van der Waals surface area contributed by atoms with Gasteiger partial charge >= 0.3 is 0 Å². The van der Waals surface area contributed by atoms with E-state index in [1.807, 2.05) is 30.3 Å². The van der Waals surface area contributed by atoms with Crippen LogP contribution in [0.15, 0.2) is 30.3 Å². The highest BCUT2D eigenvalue weighted by Crippen LogP contribution is 2.09. The lowest BCUT2D eigenvalue weighted by atomic mass is 10.3. The summed E-state index contributed by atoms with van der Waals surface area (Å²) in [5.74, 6) is 2.26. The zero-order valence-corrected chi connectivity index (χ0v) is 8.89. The van der Waals surface area contributed by atoms with Gasteiger partial charge in [0.2, 0.25) is 0 Å². The molecule has 1 aromatic heterocycles. The monoisotopic (exact) mass is 218 g/mol. The maximum Gasteiger partial charge on any atom is 0.162 e. The van der Waals surface area contributed by atoms with Gasteiger partial charge in [-0.05, 0) is 18.7 Å². The molecule has 0 fully saturated rings. The van der Waals surface area contributed by atoms with Crippen LogP contribution in [0.2, 0.25) is 0 Å². The second kappa shape index (κ2) is 5.27. The van der Waals surface area contributed by atoms with Crippen LogP contribution in [-0.4, -0.2) is 21.7 Å². The van der Waals surface area contributed by atoms with E-state index in [1.54, 1.807) is 0 Å². The summed E-state index contributed by atoms with van der Waals surface area (Å²) in [4.78, 5) is 4.24. The molecule has 2 aromatic rings. The summed E-state index contributed by atoms with van der Waals surface area (Å²) in [6.07, 6.45) is 0.682. The molecule has 0 bridgehead atoms. The van der Waals surface area contributed by atoms with Crippen molar-refractivity contribution in [3.8, 4) is 5.75 Å². The summed E-state index contributed by atoms with van der Waals surface area (Å²) in [5, 5.41) is 6.84. The number of ether oxygens (including phenoxy) is 1. The molecule has 0 atom stereocenters. The molecule has 1 heterocycles. The zero-order valence-electron chi connectivity index (χ0n) is 8.89. The van der Waals surface area contributed by atoms with Gasteiger partial charge < -0.3 is 10.5 Å². The lowest BCUT2D eigenvalue weighted by molar-refractivity contribution is 0.296. The Hall–Kier alpha value is -1.88. The Morgan fingerprint density at radius 1 is 1.25 bits per heavy atom. The maximum absolute atomic E-state index is 5.52. The second-order valence-electron chi connectivity index (χ2n) is 3.34. The number of nitrogens with zero attached hydrogens (tertiary/aromatic N) is 2. The Kier molecular flexibility index (Phi) is 3.50. The second-order valence-corrected chi connectivity index (χ2v) is 3.34. The summed E-state index contributed by atoms with van der Waals surface area (Å²) in [6.45, 7) is 0.943. The van der Waals surface area contributed by atoms with E-state index in [2.05, 4.69) is 15.2 Å². The lowest BCUT2D eigenvalue weighted by Gasteiger charge is -2.02. The molecule has 0 aliphatic heterocycles. The first-order chi connectivity index (χ1) is 7.88. The SMILES string of the molecule is NCCc1n[nH]c(COc2ccccc2)n1. The predicted octanol–water partition coefficient (Wildman–Crippen LogP) is 0.885. The fourth-order valence-electron chi connectivity index (χ4n) is 1.31. The first kappa shape index (κ1) is 10.6. The van der Waals surface area contributed by atoms with Crippen LogP contribution in [0.25, 0.3) is 0 Å². The number of rotatable bonds is 5. The van der Waals surface area contributed by atoms with Crippen molar-refractivity contribution < 1.29 is 4.74 Å². The highest BCUT2D eigenvalue weighted by Gasteiger charge is 2.02. The molecule has 0 unspecified atom stereocenters. The zero-order chi connectivity index (χ0) is 11.2. The summed E-state index contributed by atoms with van der Waals surface area (Å²) in [5.41, 5.74) is 5.41. The van der Waals surface area contributed by atoms with Gasteiger partial charge in [0.25, 0.3) is 0 Å². The minimum Gasteiger partial charge on any atom is -0.486 e. The number of nitrogens with two attached hydrogens (primary N) is 1. The number of hydrogen-bond donors (Lipinski definition) is 2. The van der Waals surface area contributed by atoms with Gasteiger partial charge in [-0.1, -0.05) is 18.2 Å². The van der Waals surface area contributed by atoms with E-state index in [4.69, 9.17) is 10.5 Å². The Labute approximate surface area is 93.7 Å². The van der Waals surface area contributed by atoms with Crippen molar-refractivity contribution >= 4 is 0 Å². The van der Waals surface area contributed by atoms with E-state index in [0.717, 1.165) is 11.6 Å². The Balaban J connectivity index is 1.89. The van der Waals surface area contributed by atoms with Crippen molar-refractivity contribution in [1.29, 1.82) is 0 Å². The van der Waals surface area contributed by atoms with Crippen LogP contribution >= 0.6 is 0 Å². The van der Waals surface area contributed by atoms with Crippen molar-refractivity contribution in [2.45, 2.75) is 13.0 Å². The largest absolute Gasteiger partial charge is 0.486 e. The normalized spacial score (nSPS) is 10.3. The maximum atomic E-state index is 5.52. The predicted molar refractivity (Wildman–Crippen MR) is 59.9 cm³/mol. The number of para-hydroxylation sites is 1. The van der Waals surface area contributed by atoms with Crippen LogP contribution in [0.3, 0.4) is 0 Å². The van der Waals surface area contributed by atoms with Gasteiger partial charge in [0.15, 0.2) is 11.6 Å². The van der Waals surface area contributed by atoms with Crippen molar-refractivity contribution in [1.82, 2.24) is 15.2 Å². The molecular weight excluding hydrogens is 204 g/mol. The van der Waals surface area contributed by atoms with Gasteiger partial charge in [-0.3, -0.25) is 5.10 Å². The van der Waals surface area contributed by atoms with Gasteiger partial charge in [-0.25, -0.2) is 4.98 Å². The topological polar surface area (TPSA) is 76.8 Å². The molecule has 84 valence electrons. The number of aromatic amines is 1. The molecule has 5 heteroatoms. The molecule has 0 saturated carbocycles. The first-order valence-electron chi connectivity index (χ1n) is 5.16. The summed E-state index contributed by atoms with van der Waals surface area (Å²) >= 11 is 0. The molecule has 2 rings (SSSR count). The summed E-state index contributed by atoms with van der Waals surface area (Å²) in [6, 6.07) is 9.60. The van der Waals surface area contributed by atoms with Crippen molar-refractivity contribution in [3.63, 3.8) is 0 Å². The number of hydrogen-bond acceptors (Lipinski definition) is 4. The average molecular weight is 218 g/mol. The molecule has 0 aliphatic carbocycles. The summed E-state index contributed by atoms with van der Waals surface area (Å²) < 4.78 is 5.52. The van der Waals surface area contributed by atoms with Crippen LogP contribution in [0.1, 0.15) is 11.6 Å². The number of nitrogens with one attached hydrogen (secondary N) is 1. The third-order valence-electron chi connectivity index (χ3n) is 2.06. The van der Waals surface area contributed by atoms with E-state index in [-0.39, 0.29) is 0 Å². The highest BCUT2D eigenvalue weighted by atomic mass is 16.5. The fraction of sp³-hybridized carbons (Fsp3) is 0.273. The van der Waals surface area contributed by atoms with E-state index < -0.39 is 0 Å². The van der Waals surface area contributed by atoms with Crippen molar-refractivity contribution in [3.05, 3.63) is 42.0 Å². The van der Waals surface area contributed by atoms with Gasteiger partial charge in [0.1, 0.15) is 12.4 Å². The van der Waals surface area contributed by atoms with E-state index >= 15 is 0 Å². The van der Waals surface area contributed by atoms with Gasteiger partial charge in [-0.15, -0.1) is 0 Å². The van der Waals surface area contributed by atoms with Gasteiger partial charge in [-0.2, -0.15) is 5.10 Å². The average Bonchev–Trinajstić information content (AvgIpc) is 2.76. The molecule has 3 N–H and O–H groups in total. The van der Waals surface area contributed by atoms with Crippen LogP contribution in [0.5, 0.6) is 5.75 Å².